The lowest BCUT2D eigenvalue weighted by Crippen LogP contribution is -2.21. The molecular formula is C12H11BrN4O. The molecule has 0 fully saturated rings. The summed E-state index contributed by atoms with van der Waals surface area (Å²) < 4.78 is 6.60. The van der Waals surface area contributed by atoms with Crippen molar-refractivity contribution in [1.29, 1.82) is 0 Å². The SMILES string of the molecule is NC(N)=N/N=C\c1ccc(-c2ccc(Br)cc2)o1. The van der Waals surface area contributed by atoms with E-state index in [-0.39, 0.29) is 5.96 Å². The average molecular weight is 307 g/mol. The fraction of sp³-hybridized carbons (Fsp3) is 0. The Morgan fingerprint density at radius 1 is 1.11 bits per heavy atom. The first-order chi connectivity index (χ1) is 8.65. The minimum absolute atomic E-state index is 0.0917. The Bertz CT molecular complexity index is 582. The molecule has 2 aromatic rings. The van der Waals surface area contributed by atoms with Gasteiger partial charge < -0.3 is 15.9 Å². The summed E-state index contributed by atoms with van der Waals surface area (Å²) in [7, 11) is 0. The van der Waals surface area contributed by atoms with Crippen molar-refractivity contribution in [2.45, 2.75) is 0 Å². The third-order valence-electron chi connectivity index (χ3n) is 2.11. The zero-order chi connectivity index (χ0) is 13.0. The van der Waals surface area contributed by atoms with Crippen molar-refractivity contribution in [1.82, 2.24) is 0 Å². The van der Waals surface area contributed by atoms with Gasteiger partial charge in [0.1, 0.15) is 11.5 Å². The molecule has 0 saturated carbocycles. The molecule has 92 valence electrons. The summed E-state index contributed by atoms with van der Waals surface area (Å²) in [5.41, 5.74) is 11.3. The smallest absolute Gasteiger partial charge is 0.211 e. The third-order valence-corrected chi connectivity index (χ3v) is 2.64. The first kappa shape index (κ1) is 12.4. The highest BCUT2D eigenvalue weighted by molar-refractivity contribution is 9.10. The van der Waals surface area contributed by atoms with Gasteiger partial charge in [-0.2, -0.15) is 5.10 Å². The van der Waals surface area contributed by atoms with E-state index in [4.69, 9.17) is 15.9 Å². The van der Waals surface area contributed by atoms with Crippen molar-refractivity contribution in [2.24, 2.45) is 21.7 Å². The number of nitrogens with two attached hydrogens (primary N) is 2. The van der Waals surface area contributed by atoms with E-state index in [9.17, 15) is 0 Å². The van der Waals surface area contributed by atoms with Crippen LogP contribution in [0.5, 0.6) is 0 Å². The zero-order valence-electron chi connectivity index (χ0n) is 9.38. The summed E-state index contributed by atoms with van der Waals surface area (Å²) in [6.07, 6.45) is 1.45. The maximum atomic E-state index is 5.58. The molecule has 1 aromatic heterocycles. The molecule has 0 aliphatic carbocycles. The highest BCUT2D eigenvalue weighted by atomic mass is 79.9. The quantitative estimate of drug-likeness (QED) is 0.518. The first-order valence-corrected chi connectivity index (χ1v) is 5.92. The molecule has 4 N–H and O–H groups in total. The maximum Gasteiger partial charge on any atom is 0.211 e. The fourth-order valence-corrected chi connectivity index (χ4v) is 1.61. The van der Waals surface area contributed by atoms with Gasteiger partial charge in [0, 0.05) is 10.0 Å². The summed E-state index contributed by atoms with van der Waals surface area (Å²) in [5.74, 6) is 1.25. The number of hydrogen-bond acceptors (Lipinski definition) is 3. The van der Waals surface area contributed by atoms with Crippen LogP contribution < -0.4 is 11.5 Å². The van der Waals surface area contributed by atoms with Crippen LogP contribution in [0.25, 0.3) is 11.3 Å². The van der Waals surface area contributed by atoms with Gasteiger partial charge in [0.15, 0.2) is 0 Å². The molecule has 5 nitrogen and oxygen atoms in total. The molecule has 1 aromatic carbocycles. The minimum atomic E-state index is -0.0917. The normalized spacial score (nSPS) is 10.7. The predicted octanol–water partition coefficient (Wildman–Crippen LogP) is 2.32. The van der Waals surface area contributed by atoms with Gasteiger partial charge in [-0.3, -0.25) is 0 Å². The number of benzene rings is 1. The number of guanidine groups is 1. The lowest BCUT2D eigenvalue weighted by atomic mass is 10.2. The van der Waals surface area contributed by atoms with Crippen molar-refractivity contribution >= 4 is 28.1 Å². The summed E-state index contributed by atoms with van der Waals surface area (Å²) in [6.45, 7) is 0. The number of furan rings is 1. The van der Waals surface area contributed by atoms with E-state index >= 15 is 0 Å². The second-order valence-corrected chi connectivity index (χ2v) is 4.39. The third kappa shape index (κ3) is 3.21. The van der Waals surface area contributed by atoms with E-state index in [1.54, 1.807) is 6.07 Å². The number of rotatable bonds is 3. The topological polar surface area (TPSA) is 89.9 Å². The van der Waals surface area contributed by atoms with E-state index in [1.807, 2.05) is 30.3 Å². The predicted molar refractivity (Wildman–Crippen MR) is 75.2 cm³/mol. The highest BCUT2D eigenvalue weighted by Crippen LogP contribution is 2.23. The second kappa shape index (κ2) is 5.50. The molecule has 0 atom stereocenters. The van der Waals surface area contributed by atoms with Gasteiger partial charge in [0.25, 0.3) is 0 Å². The van der Waals surface area contributed by atoms with Gasteiger partial charge in [-0.15, -0.1) is 5.10 Å². The van der Waals surface area contributed by atoms with Crippen LogP contribution in [0.4, 0.5) is 0 Å². The standard InChI is InChI=1S/C12H11BrN4O/c13-9-3-1-8(2-4-9)11-6-5-10(18-11)7-16-17-12(14)15/h1-7H,(H4,14,15,17)/b16-7-. The van der Waals surface area contributed by atoms with E-state index in [1.165, 1.54) is 6.21 Å². The minimum Gasteiger partial charge on any atom is -0.455 e. The van der Waals surface area contributed by atoms with Crippen LogP contribution in [-0.2, 0) is 0 Å². The van der Waals surface area contributed by atoms with Crippen LogP contribution in [0.2, 0.25) is 0 Å². The highest BCUT2D eigenvalue weighted by Gasteiger charge is 2.02. The number of nitrogens with zero attached hydrogens (tertiary/aromatic N) is 2. The van der Waals surface area contributed by atoms with Gasteiger partial charge in [-0.05, 0) is 24.3 Å². The van der Waals surface area contributed by atoms with Crippen LogP contribution in [0, 0.1) is 0 Å². The van der Waals surface area contributed by atoms with Crippen molar-refractivity contribution in [3.8, 4) is 11.3 Å². The molecule has 0 aliphatic heterocycles. The monoisotopic (exact) mass is 306 g/mol. The maximum absolute atomic E-state index is 5.58. The van der Waals surface area contributed by atoms with Crippen molar-refractivity contribution in [3.05, 3.63) is 46.6 Å². The molecule has 18 heavy (non-hydrogen) atoms. The molecule has 0 unspecified atom stereocenters. The van der Waals surface area contributed by atoms with Crippen LogP contribution in [0.15, 0.2) is 55.5 Å². The Hall–Kier alpha value is -2.08. The van der Waals surface area contributed by atoms with Crippen LogP contribution >= 0.6 is 15.9 Å². The molecule has 0 radical (unpaired) electrons. The molecule has 1 heterocycles. The van der Waals surface area contributed by atoms with Crippen LogP contribution in [0.3, 0.4) is 0 Å². The Balaban J connectivity index is 2.18. The second-order valence-electron chi connectivity index (χ2n) is 3.48. The molecule has 0 aliphatic rings. The summed E-state index contributed by atoms with van der Waals surface area (Å²) in [5, 5.41) is 7.16. The summed E-state index contributed by atoms with van der Waals surface area (Å²) >= 11 is 3.38. The molecule has 0 saturated heterocycles. The van der Waals surface area contributed by atoms with Crippen LogP contribution in [0.1, 0.15) is 5.76 Å². The van der Waals surface area contributed by atoms with E-state index in [0.717, 1.165) is 15.8 Å². The average Bonchev–Trinajstić information content (AvgIpc) is 2.78. The fourth-order valence-electron chi connectivity index (χ4n) is 1.34. The van der Waals surface area contributed by atoms with E-state index < -0.39 is 0 Å². The zero-order valence-corrected chi connectivity index (χ0v) is 11.0. The van der Waals surface area contributed by atoms with Gasteiger partial charge in [-0.25, -0.2) is 0 Å². The lowest BCUT2D eigenvalue weighted by Gasteiger charge is -1.96. The van der Waals surface area contributed by atoms with Gasteiger partial charge in [-0.1, -0.05) is 28.1 Å². The van der Waals surface area contributed by atoms with Crippen molar-refractivity contribution < 1.29 is 4.42 Å². The molecule has 0 spiro atoms. The Kier molecular flexibility index (Phi) is 3.78. The van der Waals surface area contributed by atoms with Gasteiger partial charge in [0.2, 0.25) is 5.96 Å². The van der Waals surface area contributed by atoms with Crippen molar-refractivity contribution in [2.75, 3.05) is 0 Å². The summed E-state index contributed by atoms with van der Waals surface area (Å²) in [4.78, 5) is 0. The van der Waals surface area contributed by atoms with Crippen LogP contribution in [-0.4, -0.2) is 12.2 Å². The first-order valence-electron chi connectivity index (χ1n) is 5.13. The molecule has 6 heteroatoms. The molecule has 0 bridgehead atoms. The van der Waals surface area contributed by atoms with Crippen molar-refractivity contribution in [3.63, 3.8) is 0 Å². The number of halogens is 1. The van der Waals surface area contributed by atoms with Gasteiger partial charge >= 0.3 is 0 Å². The lowest BCUT2D eigenvalue weighted by molar-refractivity contribution is 0.575. The van der Waals surface area contributed by atoms with Gasteiger partial charge in [0.05, 0.1) is 6.21 Å². The molecule has 0 amide bonds. The van der Waals surface area contributed by atoms with E-state index in [0.29, 0.717) is 5.76 Å². The Morgan fingerprint density at radius 3 is 2.50 bits per heavy atom. The molecule has 2 rings (SSSR count). The Labute approximate surface area is 112 Å². The molecular weight excluding hydrogens is 296 g/mol. The number of hydrogen-bond donors (Lipinski definition) is 2. The Morgan fingerprint density at radius 2 is 1.83 bits per heavy atom. The van der Waals surface area contributed by atoms with E-state index in [2.05, 4.69) is 26.1 Å². The largest absolute Gasteiger partial charge is 0.455 e. The summed E-state index contributed by atoms with van der Waals surface area (Å²) in [6, 6.07) is 11.5.